The van der Waals surface area contributed by atoms with Gasteiger partial charge in [0.05, 0.1) is 15.9 Å². The zero-order valence-electron chi connectivity index (χ0n) is 17.4. The van der Waals surface area contributed by atoms with E-state index in [1.807, 2.05) is 39.1 Å². The van der Waals surface area contributed by atoms with Crippen molar-refractivity contribution in [3.05, 3.63) is 41.0 Å². The van der Waals surface area contributed by atoms with E-state index in [-0.39, 0.29) is 18.1 Å². The molecule has 2 heterocycles. The van der Waals surface area contributed by atoms with Crippen LogP contribution in [0.1, 0.15) is 51.1 Å². The topological polar surface area (TPSA) is 77.5 Å². The molecule has 0 unspecified atom stereocenters. The smallest absolute Gasteiger partial charge is 0.408 e. The normalized spacial score (nSPS) is 17.7. The summed E-state index contributed by atoms with van der Waals surface area (Å²) in [5.74, 6) is -0.224. The number of rotatable bonds is 6. The number of thiazole rings is 1. The molecule has 2 atom stereocenters. The van der Waals surface area contributed by atoms with Gasteiger partial charge in [-0.3, -0.25) is 4.79 Å². The Morgan fingerprint density at radius 2 is 2.07 bits per heavy atom. The van der Waals surface area contributed by atoms with E-state index < -0.39 is 11.7 Å². The number of hydrogen-bond donors (Lipinski definition) is 1. The fourth-order valence-corrected chi connectivity index (χ4v) is 4.09. The Balaban J connectivity index is 1.71. The molecule has 1 aromatic carbocycles. The van der Waals surface area contributed by atoms with Crippen LogP contribution < -0.4 is 5.32 Å². The summed E-state index contributed by atoms with van der Waals surface area (Å²) < 4.78 is 10.8. The first kappa shape index (κ1) is 21.3. The number of hydrogen-bond acceptors (Lipinski definition) is 6. The van der Waals surface area contributed by atoms with Gasteiger partial charge in [-0.1, -0.05) is 31.2 Å². The maximum atomic E-state index is 12.3. The molecular weight excluding hydrogens is 388 g/mol. The van der Waals surface area contributed by atoms with Crippen LogP contribution in [0.4, 0.5) is 4.79 Å². The van der Waals surface area contributed by atoms with E-state index in [1.165, 1.54) is 0 Å². The number of ether oxygens (including phenoxy) is 2. The Morgan fingerprint density at radius 3 is 2.62 bits per heavy atom. The highest BCUT2D eigenvalue weighted by Crippen LogP contribution is 2.27. The zero-order valence-corrected chi connectivity index (χ0v) is 18.2. The van der Waals surface area contributed by atoms with Crippen LogP contribution in [0.3, 0.4) is 0 Å². The summed E-state index contributed by atoms with van der Waals surface area (Å²) in [4.78, 5) is 29.4. The number of aromatic nitrogens is 1. The quantitative estimate of drug-likeness (QED) is 0.701. The second-order valence-corrected chi connectivity index (χ2v) is 9.31. The van der Waals surface area contributed by atoms with Gasteiger partial charge in [-0.2, -0.15) is 0 Å². The molecule has 29 heavy (non-hydrogen) atoms. The molecule has 1 amide bonds. The van der Waals surface area contributed by atoms with Gasteiger partial charge in [0.2, 0.25) is 0 Å². The minimum Gasteiger partial charge on any atom is -0.460 e. The summed E-state index contributed by atoms with van der Waals surface area (Å²) in [6, 6.07) is 7.88. The summed E-state index contributed by atoms with van der Waals surface area (Å²) in [5, 5.41) is 4.01. The third kappa shape index (κ3) is 6.03. The largest absolute Gasteiger partial charge is 0.460 e. The van der Waals surface area contributed by atoms with Crippen molar-refractivity contribution in [2.24, 2.45) is 0 Å². The van der Waals surface area contributed by atoms with Crippen molar-refractivity contribution in [3.63, 3.8) is 0 Å². The van der Waals surface area contributed by atoms with E-state index in [0.29, 0.717) is 19.3 Å². The van der Waals surface area contributed by atoms with Crippen LogP contribution >= 0.6 is 11.3 Å². The summed E-state index contributed by atoms with van der Waals surface area (Å²) >= 11 is 1.70. The second-order valence-electron chi connectivity index (χ2n) is 8.19. The molecule has 0 saturated carbocycles. The Kier molecular flexibility index (Phi) is 6.57. The van der Waals surface area contributed by atoms with E-state index in [9.17, 15) is 9.59 Å². The van der Waals surface area contributed by atoms with Gasteiger partial charge in [0.25, 0.3) is 0 Å². The second kappa shape index (κ2) is 8.95. The Morgan fingerprint density at radius 1 is 1.34 bits per heavy atom. The number of nitrogens with one attached hydrogen (secondary N) is 1. The monoisotopic (exact) mass is 416 g/mol. The average molecular weight is 417 g/mol. The molecule has 1 aliphatic rings. The third-order valence-electron chi connectivity index (χ3n) is 4.62. The van der Waals surface area contributed by atoms with E-state index in [4.69, 9.17) is 9.47 Å². The number of aryl methyl sites for hydroxylation is 1. The number of nitrogens with zero attached hydrogens (tertiary/aromatic N) is 1. The van der Waals surface area contributed by atoms with Gasteiger partial charge in [-0.25, -0.2) is 9.78 Å². The van der Waals surface area contributed by atoms with Crippen LogP contribution in [-0.2, 0) is 27.1 Å². The molecule has 1 aromatic heterocycles. The van der Waals surface area contributed by atoms with Crippen molar-refractivity contribution in [2.75, 3.05) is 0 Å². The van der Waals surface area contributed by atoms with Gasteiger partial charge in [-0.15, -0.1) is 11.3 Å². The van der Waals surface area contributed by atoms with Gasteiger partial charge in [-0.05, 0) is 51.2 Å². The molecule has 1 N–H and O–H groups in total. The van der Waals surface area contributed by atoms with Crippen molar-refractivity contribution in [2.45, 2.75) is 71.1 Å². The van der Waals surface area contributed by atoms with Crippen molar-refractivity contribution in [1.82, 2.24) is 10.3 Å². The number of carbonyl (C=O) groups is 2. The zero-order chi connectivity index (χ0) is 21.0. The fraction of sp³-hybridized carbons (Fsp3) is 0.500. The minimum absolute atomic E-state index is 0.224. The molecule has 0 bridgehead atoms. The maximum absolute atomic E-state index is 12.3. The average Bonchev–Trinajstić information content (AvgIpc) is 3.29. The van der Waals surface area contributed by atoms with Crippen molar-refractivity contribution < 1.29 is 19.1 Å². The standard InChI is InChI=1S/C22H28N2O4S/c1-5-19-23-13-18(29-19)15-8-6-14(7-9-15)12-16(17-10-11-20(25)27-17)24-21(26)28-22(2,3)4/h6-9,13,16-17H,5,10-12H2,1-4H3,(H,24,26)/t16-,17-/m0/s1. The van der Waals surface area contributed by atoms with Crippen LogP contribution in [0.5, 0.6) is 0 Å². The highest BCUT2D eigenvalue weighted by Gasteiger charge is 2.33. The van der Waals surface area contributed by atoms with E-state index in [1.54, 1.807) is 11.3 Å². The number of amides is 1. The van der Waals surface area contributed by atoms with Gasteiger partial charge < -0.3 is 14.8 Å². The lowest BCUT2D eigenvalue weighted by Crippen LogP contribution is -2.46. The van der Waals surface area contributed by atoms with E-state index in [0.717, 1.165) is 27.4 Å². The van der Waals surface area contributed by atoms with Crippen molar-refractivity contribution in [3.8, 4) is 10.4 Å². The number of alkyl carbamates (subject to hydrolysis) is 1. The number of carbonyl (C=O) groups excluding carboxylic acids is 2. The van der Waals surface area contributed by atoms with Gasteiger partial charge in [0, 0.05) is 12.6 Å². The van der Waals surface area contributed by atoms with Gasteiger partial charge in [0.15, 0.2) is 0 Å². The molecule has 7 heteroatoms. The molecule has 1 fully saturated rings. The van der Waals surface area contributed by atoms with Crippen LogP contribution in [-0.4, -0.2) is 34.8 Å². The fourth-order valence-electron chi connectivity index (χ4n) is 3.23. The van der Waals surface area contributed by atoms with Crippen LogP contribution in [0.15, 0.2) is 30.5 Å². The Labute approximate surface area is 175 Å². The first-order valence-electron chi connectivity index (χ1n) is 9.96. The van der Waals surface area contributed by atoms with Gasteiger partial charge >= 0.3 is 12.1 Å². The van der Waals surface area contributed by atoms with E-state index in [2.05, 4.69) is 29.4 Å². The summed E-state index contributed by atoms with van der Waals surface area (Å²) in [5.41, 5.74) is 1.59. The number of benzene rings is 1. The van der Waals surface area contributed by atoms with Crippen LogP contribution in [0, 0.1) is 0 Å². The first-order chi connectivity index (χ1) is 13.7. The van der Waals surface area contributed by atoms with Gasteiger partial charge in [0.1, 0.15) is 11.7 Å². The van der Waals surface area contributed by atoms with Crippen LogP contribution in [0.25, 0.3) is 10.4 Å². The molecular formula is C22H28N2O4S. The summed E-state index contributed by atoms with van der Waals surface area (Å²) in [7, 11) is 0. The lowest BCUT2D eigenvalue weighted by Gasteiger charge is -2.26. The Bertz CT molecular complexity index is 854. The third-order valence-corrected chi connectivity index (χ3v) is 5.81. The molecule has 0 spiro atoms. The minimum atomic E-state index is -0.589. The predicted octanol–water partition coefficient (Wildman–Crippen LogP) is 4.51. The predicted molar refractivity (Wildman–Crippen MR) is 113 cm³/mol. The SMILES string of the molecule is CCc1ncc(-c2ccc(C[C@H](NC(=O)OC(C)(C)C)[C@@H]3CCC(=O)O3)cc2)s1. The highest BCUT2D eigenvalue weighted by molar-refractivity contribution is 7.15. The maximum Gasteiger partial charge on any atom is 0.408 e. The van der Waals surface area contributed by atoms with E-state index >= 15 is 0 Å². The molecule has 1 saturated heterocycles. The molecule has 0 radical (unpaired) electrons. The molecule has 3 rings (SSSR count). The highest BCUT2D eigenvalue weighted by atomic mass is 32.1. The molecule has 2 aromatic rings. The lowest BCUT2D eigenvalue weighted by molar-refractivity contribution is -0.142. The Hall–Kier alpha value is -2.41. The number of cyclic esters (lactones) is 1. The van der Waals surface area contributed by atoms with Crippen molar-refractivity contribution in [1.29, 1.82) is 0 Å². The summed E-state index contributed by atoms with van der Waals surface area (Å²) in [6.07, 6.45) is 3.52. The lowest BCUT2D eigenvalue weighted by atomic mass is 9.98. The molecule has 6 nitrogen and oxygen atoms in total. The summed E-state index contributed by atoms with van der Waals surface area (Å²) in [6.45, 7) is 7.55. The van der Waals surface area contributed by atoms with Crippen molar-refractivity contribution >= 4 is 23.4 Å². The first-order valence-corrected chi connectivity index (χ1v) is 10.8. The molecule has 156 valence electrons. The number of esters is 1. The van der Waals surface area contributed by atoms with Crippen LogP contribution in [0.2, 0.25) is 0 Å². The molecule has 1 aliphatic heterocycles. The molecule has 0 aliphatic carbocycles.